The molecule has 0 saturated heterocycles. The van der Waals surface area contributed by atoms with E-state index in [1.807, 2.05) is 79.1 Å². The van der Waals surface area contributed by atoms with Crippen molar-refractivity contribution in [3.05, 3.63) is 100 Å². The van der Waals surface area contributed by atoms with E-state index in [2.05, 4.69) is 15.8 Å². The number of nitrogens with one attached hydrogen (secondary N) is 2. The third kappa shape index (κ3) is 4.18. The Hall–Kier alpha value is -3.75. The van der Waals surface area contributed by atoms with E-state index < -0.39 is 0 Å². The van der Waals surface area contributed by atoms with Crippen LogP contribution in [0.25, 0.3) is 16.7 Å². The fourth-order valence-electron chi connectivity index (χ4n) is 3.46. The topological polar surface area (TPSA) is 76.8 Å². The van der Waals surface area contributed by atoms with Gasteiger partial charge in [0.2, 0.25) is 5.95 Å². The molecule has 33 heavy (non-hydrogen) atoms. The normalized spacial score (nSPS) is 11.0. The summed E-state index contributed by atoms with van der Waals surface area (Å²) in [7, 11) is 0. The summed E-state index contributed by atoms with van der Waals surface area (Å²) in [5.74, 6) is 0.309. The van der Waals surface area contributed by atoms with Crippen molar-refractivity contribution in [2.75, 3.05) is 17.0 Å². The number of halogens is 1. The second-order valence-electron chi connectivity index (χ2n) is 7.14. The van der Waals surface area contributed by atoms with E-state index in [0.29, 0.717) is 32.7 Å². The molecule has 0 aliphatic rings. The highest BCUT2D eigenvalue weighted by molar-refractivity contribution is 7.98. The smallest absolute Gasteiger partial charge is 0.286 e. The first-order valence-electron chi connectivity index (χ1n) is 10.1. The molecule has 7 nitrogen and oxygen atoms in total. The van der Waals surface area contributed by atoms with Crippen LogP contribution in [0.4, 0.5) is 17.3 Å². The molecule has 2 N–H and O–H groups in total. The molecule has 0 aliphatic heterocycles. The number of benzene rings is 3. The van der Waals surface area contributed by atoms with Crippen LogP contribution in [-0.2, 0) is 0 Å². The molecule has 0 fully saturated rings. The van der Waals surface area contributed by atoms with Gasteiger partial charge in [0, 0.05) is 10.7 Å². The van der Waals surface area contributed by atoms with Gasteiger partial charge in [-0.05, 0) is 48.7 Å². The lowest BCUT2D eigenvalue weighted by atomic mass is 10.3. The number of fused-ring (bicyclic) bond motifs is 1. The summed E-state index contributed by atoms with van der Waals surface area (Å²) in [6.45, 7) is 0. The lowest BCUT2D eigenvalue weighted by Crippen LogP contribution is -2.30. The molecule has 164 valence electrons. The first-order valence-corrected chi connectivity index (χ1v) is 11.7. The fraction of sp³-hybridized carbons (Fsp3) is 0.0417. The van der Waals surface area contributed by atoms with Gasteiger partial charge in [0.15, 0.2) is 5.65 Å². The summed E-state index contributed by atoms with van der Waals surface area (Å²) in [6, 6.07) is 26.3. The first-order chi connectivity index (χ1) is 16.1. The molecule has 5 aromatic rings. The first kappa shape index (κ1) is 21.1. The van der Waals surface area contributed by atoms with Crippen LogP contribution < -0.4 is 16.3 Å². The van der Waals surface area contributed by atoms with Crippen molar-refractivity contribution in [1.82, 2.24) is 19.4 Å². The van der Waals surface area contributed by atoms with E-state index in [-0.39, 0.29) is 5.56 Å². The second-order valence-corrected chi connectivity index (χ2v) is 8.38. The summed E-state index contributed by atoms with van der Waals surface area (Å²) in [5.41, 5.74) is 5.63. The highest BCUT2D eigenvalue weighted by atomic mass is 35.5. The van der Waals surface area contributed by atoms with E-state index in [4.69, 9.17) is 16.6 Å². The Morgan fingerprint density at radius 3 is 2.30 bits per heavy atom. The van der Waals surface area contributed by atoms with Crippen molar-refractivity contribution in [1.29, 1.82) is 0 Å². The molecule has 0 aliphatic carbocycles. The molecule has 9 heteroatoms. The predicted octanol–water partition coefficient (Wildman–Crippen LogP) is 5.58. The van der Waals surface area contributed by atoms with E-state index in [0.717, 1.165) is 11.4 Å². The van der Waals surface area contributed by atoms with Gasteiger partial charge in [-0.15, -0.1) is 11.8 Å². The maximum atomic E-state index is 13.8. The highest BCUT2D eigenvalue weighted by Crippen LogP contribution is 2.27. The molecule has 0 amide bonds. The minimum atomic E-state index is -0.264. The van der Waals surface area contributed by atoms with Crippen LogP contribution in [0.1, 0.15) is 0 Å². The number of thioether (sulfide) groups is 1. The molecule has 0 bridgehead atoms. The van der Waals surface area contributed by atoms with Crippen molar-refractivity contribution in [3.8, 4) is 5.69 Å². The van der Waals surface area contributed by atoms with Gasteiger partial charge in [-0.25, -0.2) is 4.68 Å². The zero-order valence-electron chi connectivity index (χ0n) is 17.6. The minimum absolute atomic E-state index is 0.264. The van der Waals surface area contributed by atoms with Crippen LogP contribution in [0, 0.1) is 0 Å². The Labute approximate surface area is 199 Å². The number of nitrogens with zero attached hydrogens (tertiary/aromatic N) is 4. The number of hydrogen-bond acceptors (Lipinski definition) is 6. The van der Waals surface area contributed by atoms with Crippen molar-refractivity contribution >= 4 is 51.7 Å². The largest absolute Gasteiger partial charge is 0.324 e. The van der Waals surface area contributed by atoms with E-state index in [1.165, 1.54) is 16.4 Å². The van der Waals surface area contributed by atoms with Gasteiger partial charge < -0.3 is 5.32 Å². The maximum Gasteiger partial charge on any atom is 0.286 e. The maximum absolute atomic E-state index is 13.8. The van der Waals surface area contributed by atoms with Crippen molar-refractivity contribution in [2.24, 2.45) is 0 Å². The van der Waals surface area contributed by atoms with Gasteiger partial charge >= 0.3 is 0 Å². The van der Waals surface area contributed by atoms with Gasteiger partial charge in [-0.1, -0.05) is 54.1 Å². The Balaban J connectivity index is 1.75. The van der Waals surface area contributed by atoms with E-state index in [1.54, 1.807) is 16.8 Å². The fourth-order valence-corrected chi connectivity index (χ4v) is 4.19. The molecular weight excluding hydrogens is 456 g/mol. The zero-order valence-corrected chi connectivity index (χ0v) is 19.1. The van der Waals surface area contributed by atoms with Crippen LogP contribution in [0.2, 0.25) is 5.02 Å². The molecule has 3 aromatic carbocycles. The van der Waals surface area contributed by atoms with Gasteiger partial charge in [0.05, 0.1) is 11.4 Å². The molecule has 0 radical (unpaired) electrons. The third-order valence-corrected chi connectivity index (χ3v) is 5.87. The number of hydrogen-bond donors (Lipinski definition) is 2. The van der Waals surface area contributed by atoms with Crippen molar-refractivity contribution in [3.63, 3.8) is 0 Å². The molecule has 2 heterocycles. The average Bonchev–Trinajstić information content (AvgIpc) is 3.21. The molecule has 0 unspecified atom stereocenters. The number of anilines is 3. The molecule has 2 aromatic heterocycles. The minimum Gasteiger partial charge on any atom is -0.324 e. The van der Waals surface area contributed by atoms with Crippen LogP contribution in [0.3, 0.4) is 0 Å². The van der Waals surface area contributed by atoms with Crippen molar-refractivity contribution < 1.29 is 0 Å². The van der Waals surface area contributed by atoms with E-state index in [9.17, 15) is 4.79 Å². The highest BCUT2D eigenvalue weighted by Gasteiger charge is 2.21. The average molecular weight is 475 g/mol. The van der Waals surface area contributed by atoms with Crippen LogP contribution in [0.15, 0.2) is 94.7 Å². The monoisotopic (exact) mass is 474 g/mol. The quantitative estimate of drug-likeness (QED) is 0.313. The van der Waals surface area contributed by atoms with Crippen LogP contribution >= 0.6 is 23.4 Å². The molecule has 0 spiro atoms. The SMILES string of the molecule is CSc1nn(-c2ccccc2)c2nc(Nc3cccc(Cl)c3)n(Nc3ccccc3)c(=O)c12. The summed E-state index contributed by atoms with van der Waals surface area (Å²) in [5, 5.41) is 9.52. The molecule has 5 rings (SSSR count). The Bertz CT molecular complexity index is 1480. The van der Waals surface area contributed by atoms with Crippen LogP contribution in [0.5, 0.6) is 0 Å². The van der Waals surface area contributed by atoms with Gasteiger partial charge in [0.1, 0.15) is 10.4 Å². The van der Waals surface area contributed by atoms with Gasteiger partial charge in [0.25, 0.3) is 5.56 Å². The summed E-state index contributed by atoms with van der Waals surface area (Å²) in [4.78, 5) is 18.6. The third-order valence-electron chi connectivity index (χ3n) is 4.96. The Morgan fingerprint density at radius 2 is 1.61 bits per heavy atom. The Kier molecular flexibility index (Phi) is 5.77. The lowest BCUT2D eigenvalue weighted by molar-refractivity contribution is 0.847. The van der Waals surface area contributed by atoms with Crippen molar-refractivity contribution in [2.45, 2.75) is 5.03 Å². The lowest BCUT2D eigenvalue weighted by Gasteiger charge is -2.16. The number of para-hydroxylation sites is 2. The standard InChI is InChI=1S/C24H19ClN6OS/c1-33-22-20-21(30(29-22)19-13-6-3-7-14-19)27-24(26-18-12-8-9-16(25)15-18)31(23(20)32)28-17-10-4-2-5-11-17/h2-15,28H,1H3,(H,26,27). The van der Waals surface area contributed by atoms with E-state index >= 15 is 0 Å². The number of rotatable bonds is 6. The summed E-state index contributed by atoms with van der Waals surface area (Å²) in [6.07, 6.45) is 1.89. The summed E-state index contributed by atoms with van der Waals surface area (Å²) >= 11 is 7.58. The van der Waals surface area contributed by atoms with Crippen LogP contribution in [-0.4, -0.2) is 25.7 Å². The van der Waals surface area contributed by atoms with Gasteiger partial charge in [-0.2, -0.15) is 14.8 Å². The zero-order chi connectivity index (χ0) is 22.8. The number of aromatic nitrogens is 4. The molecule has 0 atom stereocenters. The van der Waals surface area contributed by atoms with Gasteiger partial charge in [-0.3, -0.25) is 10.2 Å². The molecular formula is C24H19ClN6OS. The summed E-state index contributed by atoms with van der Waals surface area (Å²) < 4.78 is 3.09. The predicted molar refractivity (Wildman–Crippen MR) is 135 cm³/mol. The Morgan fingerprint density at radius 1 is 0.909 bits per heavy atom. The molecule has 0 saturated carbocycles. The second kappa shape index (κ2) is 9.01.